The van der Waals surface area contributed by atoms with E-state index in [9.17, 15) is 4.79 Å². The van der Waals surface area contributed by atoms with Gasteiger partial charge < -0.3 is 15.0 Å². The van der Waals surface area contributed by atoms with Crippen LogP contribution in [0, 0.1) is 5.92 Å². The topological polar surface area (TPSA) is 41.6 Å². The van der Waals surface area contributed by atoms with Gasteiger partial charge in [-0.15, -0.1) is 0 Å². The number of methoxy groups -OCH3 is 1. The molecule has 0 aliphatic carbocycles. The van der Waals surface area contributed by atoms with Crippen LogP contribution in [0.15, 0.2) is 54.6 Å². The van der Waals surface area contributed by atoms with Crippen molar-refractivity contribution in [3.63, 3.8) is 0 Å². The van der Waals surface area contributed by atoms with Crippen LogP contribution in [0.2, 0.25) is 0 Å². The minimum Gasteiger partial charge on any atom is -0.496 e. The molecule has 1 saturated heterocycles. The zero-order valence-electron chi connectivity index (χ0n) is 15.1. The van der Waals surface area contributed by atoms with E-state index in [1.54, 1.807) is 7.11 Å². The molecular weight excluding hydrogens is 312 g/mol. The highest BCUT2D eigenvalue weighted by atomic mass is 16.5. The van der Waals surface area contributed by atoms with E-state index in [1.165, 1.54) is 5.56 Å². The number of amides is 1. The van der Waals surface area contributed by atoms with E-state index in [2.05, 4.69) is 30.4 Å². The van der Waals surface area contributed by atoms with Gasteiger partial charge in [0.15, 0.2) is 0 Å². The predicted molar refractivity (Wildman–Crippen MR) is 99.5 cm³/mol. The van der Waals surface area contributed by atoms with Gasteiger partial charge in [-0.2, -0.15) is 0 Å². The van der Waals surface area contributed by atoms with E-state index in [4.69, 9.17) is 4.74 Å². The minimum absolute atomic E-state index is 0.131. The lowest BCUT2D eigenvalue weighted by atomic mass is 9.93. The second kappa shape index (κ2) is 7.70. The van der Waals surface area contributed by atoms with Gasteiger partial charge in [-0.05, 0) is 18.6 Å². The number of carbonyl (C=O) groups excluding carboxylic acids is 1. The third-order valence-electron chi connectivity index (χ3n) is 5.13. The van der Waals surface area contributed by atoms with Gasteiger partial charge in [-0.25, -0.2) is 0 Å². The van der Waals surface area contributed by atoms with Crippen molar-refractivity contribution in [3.05, 3.63) is 65.7 Å². The van der Waals surface area contributed by atoms with Crippen LogP contribution in [0.4, 0.5) is 0 Å². The highest BCUT2D eigenvalue weighted by Crippen LogP contribution is 2.37. The Morgan fingerprint density at radius 2 is 1.84 bits per heavy atom. The monoisotopic (exact) mass is 338 g/mol. The van der Waals surface area contributed by atoms with Crippen molar-refractivity contribution in [2.24, 2.45) is 5.92 Å². The summed E-state index contributed by atoms with van der Waals surface area (Å²) in [5.41, 5.74) is 2.34. The van der Waals surface area contributed by atoms with Gasteiger partial charge >= 0.3 is 0 Å². The molecule has 3 atom stereocenters. The van der Waals surface area contributed by atoms with Crippen LogP contribution in [-0.4, -0.2) is 31.5 Å². The lowest BCUT2D eigenvalue weighted by Gasteiger charge is -2.27. The quantitative estimate of drug-likeness (QED) is 0.875. The number of benzene rings is 2. The summed E-state index contributed by atoms with van der Waals surface area (Å²) < 4.78 is 5.46. The fourth-order valence-electron chi connectivity index (χ4n) is 3.74. The minimum atomic E-state index is 0.131. The van der Waals surface area contributed by atoms with Gasteiger partial charge in [0.2, 0.25) is 5.91 Å². The first kappa shape index (κ1) is 17.5. The van der Waals surface area contributed by atoms with E-state index in [1.807, 2.05) is 48.3 Å². The molecule has 4 heteroatoms. The number of nitrogens with zero attached hydrogens (tertiary/aromatic N) is 1. The van der Waals surface area contributed by atoms with Crippen LogP contribution in [-0.2, 0) is 4.79 Å². The van der Waals surface area contributed by atoms with Crippen molar-refractivity contribution in [1.29, 1.82) is 0 Å². The van der Waals surface area contributed by atoms with Crippen molar-refractivity contribution >= 4 is 5.91 Å². The van der Waals surface area contributed by atoms with Crippen LogP contribution in [0.25, 0.3) is 0 Å². The number of hydrogen-bond donors (Lipinski definition) is 1. The molecule has 2 aromatic rings. The number of carbonyl (C=O) groups is 1. The van der Waals surface area contributed by atoms with Gasteiger partial charge in [0.05, 0.1) is 13.2 Å². The first-order valence-electron chi connectivity index (χ1n) is 8.78. The number of rotatable bonds is 6. The van der Waals surface area contributed by atoms with E-state index >= 15 is 0 Å². The number of para-hydroxylation sites is 1. The SMILES string of the molecule is COc1ccccc1[C@H](C)NC[C@@H]1CC(=O)N(C)[C@H]1c1ccccc1. The van der Waals surface area contributed by atoms with Gasteiger partial charge in [0.1, 0.15) is 5.75 Å². The lowest BCUT2D eigenvalue weighted by Crippen LogP contribution is -2.30. The molecule has 4 nitrogen and oxygen atoms in total. The Bertz CT molecular complexity index is 717. The van der Waals surface area contributed by atoms with Gasteiger partial charge in [0, 0.05) is 37.5 Å². The summed E-state index contributed by atoms with van der Waals surface area (Å²) in [7, 11) is 3.60. The van der Waals surface area contributed by atoms with Crippen LogP contribution < -0.4 is 10.1 Å². The first-order valence-corrected chi connectivity index (χ1v) is 8.78. The molecule has 1 amide bonds. The summed E-state index contributed by atoms with van der Waals surface area (Å²) in [5.74, 6) is 1.37. The van der Waals surface area contributed by atoms with Gasteiger partial charge in [0.25, 0.3) is 0 Å². The Hall–Kier alpha value is -2.33. The largest absolute Gasteiger partial charge is 0.496 e. The summed E-state index contributed by atoms with van der Waals surface area (Å²) in [6, 6.07) is 18.6. The molecule has 2 aromatic carbocycles. The Morgan fingerprint density at radius 1 is 1.16 bits per heavy atom. The Labute approximate surface area is 149 Å². The van der Waals surface area contributed by atoms with Gasteiger partial charge in [-0.3, -0.25) is 4.79 Å². The summed E-state index contributed by atoms with van der Waals surface area (Å²) in [6.45, 7) is 2.92. The lowest BCUT2D eigenvalue weighted by molar-refractivity contribution is -0.127. The number of nitrogens with one attached hydrogen (secondary N) is 1. The first-order chi connectivity index (χ1) is 12.1. The van der Waals surface area contributed by atoms with Crippen molar-refractivity contribution in [3.8, 4) is 5.75 Å². The zero-order valence-corrected chi connectivity index (χ0v) is 15.1. The van der Waals surface area contributed by atoms with Crippen LogP contribution >= 0.6 is 0 Å². The molecule has 1 aliphatic heterocycles. The standard InChI is InChI=1S/C21H26N2O2/c1-15(18-11-7-8-12-19(18)25-3)22-14-17-13-20(24)23(2)21(17)16-9-5-4-6-10-16/h4-12,15,17,21-22H,13-14H2,1-3H3/t15-,17-,21-/m0/s1. The maximum Gasteiger partial charge on any atom is 0.223 e. The average Bonchev–Trinajstić information content (AvgIpc) is 2.94. The Morgan fingerprint density at radius 3 is 2.56 bits per heavy atom. The number of likely N-dealkylation sites (tertiary alicyclic amines) is 1. The molecule has 1 heterocycles. The van der Waals surface area contributed by atoms with E-state index in [-0.39, 0.29) is 23.9 Å². The Balaban J connectivity index is 1.72. The summed E-state index contributed by atoms with van der Waals surface area (Å²) in [6.07, 6.45) is 0.585. The third-order valence-corrected chi connectivity index (χ3v) is 5.13. The van der Waals surface area contributed by atoms with Crippen molar-refractivity contribution < 1.29 is 9.53 Å². The fourth-order valence-corrected chi connectivity index (χ4v) is 3.74. The summed E-state index contributed by atoms with van der Waals surface area (Å²) >= 11 is 0. The molecule has 1 N–H and O–H groups in total. The Kier molecular flexibility index (Phi) is 5.39. The summed E-state index contributed by atoms with van der Waals surface area (Å²) in [4.78, 5) is 14.1. The maximum atomic E-state index is 12.3. The molecule has 3 rings (SSSR count). The smallest absolute Gasteiger partial charge is 0.223 e. The third kappa shape index (κ3) is 3.69. The number of hydrogen-bond acceptors (Lipinski definition) is 3. The van der Waals surface area contributed by atoms with Crippen molar-refractivity contribution in [1.82, 2.24) is 10.2 Å². The molecule has 0 bridgehead atoms. The summed E-state index contributed by atoms with van der Waals surface area (Å²) in [5, 5.41) is 3.60. The van der Waals surface area contributed by atoms with Gasteiger partial charge in [-0.1, -0.05) is 48.5 Å². The van der Waals surface area contributed by atoms with Crippen molar-refractivity contribution in [2.45, 2.75) is 25.4 Å². The predicted octanol–water partition coefficient (Wildman–Crippen LogP) is 3.57. The molecule has 1 aliphatic rings. The van der Waals surface area contributed by atoms with Crippen molar-refractivity contribution in [2.75, 3.05) is 20.7 Å². The number of ether oxygens (including phenoxy) is 1. The second-order valence-corrected chi connectivity index (χ2v) is 6.70. The average molecular weight is 338 g/mol. The zero-order chi connectivity index (χ0) is 17.8. The molecule has 0 spiro atoms. The molecule has 0 radical (unpaired) electrons. The highest BCUT2D eigenvalue weighted by Gasteiger charge is 2.38. The highest BCUT2D eigenvalue weighted by molar-refractivity contribution is 5.79. The molecule has 0 unspecified atom stereocenters. The van der Waals surface area contributed by atoms with E-state index in [0.717, 1.165) is 17.9 Å². The van der Waals surface area contributed by atoms with Crippen LogP contribution in [0.3, 0.4) is 0 Å². The normalized spacial score (nSPS) is 21.4. The van der Waals surface area contributed by atoms with E-state index in [0.29, 0.717) is 6.42 Å². The van der Waals surface area contributed by atoms with E-state index < -0.39 is 0 Å². The second-order valence-electron chi connectivity index (χ2n) is 6.70. The molecule has 1 fully saturated rings. The molecule has 0 aromatic heterocycles. The molecule has 132 valence electrons. The maximum absolute atomic E-state index is 12.3. The molecule has 25 heavy (non-hydrogen) atoms. The van der Waals surface area contributed by atoms with Crippen LogP contribution in [0.1, 0.15) is 36.6 Å². The molecule has 0 saturated carbocycles. The fraction of sp³-hybridized carbons (Fsp3) is 0.381. The van der Waals surface area contributed by atoms with Crippen LogP contribution in [0.5, 0.6) is 5.75 Å². The molecular formula is C21H26N2O2.